The monoisotopic (exact) mass is 405 g/mol. The molecule has 4 aromatic rings. The van der Waals surface area contributed by atoms with Gasteiger partial charge in [-0.15, -0.1) is 11.3 Å². The molecule has 0 atom stereocenters. The molecule has 29 heavy (non-hydrogen) atoms. The molecular formula is C23H23N3O2S. The number of nitrogens with one attached hydrogen (secondary N) is 1. The first-order chi connectivity index (χ1) is 14.2. The Morgan fingerprint density at radius 2 is 1.83 bits per heavy atom. The Morgan fingerprint density at radius 1 is 1.00 bits per heavy atom. The van der Waals surface area contributed by atoms with Crippen molar-refractivity contribution in [3.63, 3.8) is 0 Å². The number of methoxy groups -OCH3 is 2. The van der Waals surface area contributed by atoms with E-state index >= 15 is 0 Å². The molecule has 5 nitrogen and oxygen atoms in total. The Balaban J connectivity index is 1.63. The third-order valence-corrected chi connectivity index (χ3v) is 6.01. The molecule has 0 unspecified atom stereocenters. The van der Waals surface area contributed by atoms with Crippen LogP contribution in [0, 0.1) is 0 Å². The van der Waals surface area contributed by atoms with E-state index in [-0.39, 0.29) is 0 Å². The molecule has 2 aromatic heterocycles. The van der Waals surface area contributed by atoms with E-state index in [1.807, 2.05) is 24.3 Å². The van der Waals surface area contributed by atoms with E-state index in [0.717, 1.165) is 45.1 Å². The lowest BCUT2D eigenvalue weighted by Gasteiger charge is -2.15. The van der Waals surface area contributed by atoms with Crippen LogP contribution in [0.3, 0.4) is 0 Å². The van der Waals surface area contributed by atoms with Gasteiger partial charge < -0.3 is 14.8 Å². The highest BCUT2D eigenvalue weighted by Gasteiger charge is 2.13. The van der Waals surface area contributed by atoms with Crippen molar-refractivity contribution in [3.05, 3.63) is 66.0 Å². The molecule has 148 valence electrons. The number of anilines is 1. The molecule has 1 N–H and O–H groups in total. The molecule has 2 heterocycles. The maximum atomic E-state index is 5.52. The van der Waals surface area contributed by atoms with E-state index in [4.69, 9.17) is 9.47 Å². The summed E-state index contributed by atoms with van der Waals surface area (Å²) in [6, 6.07) is 16.6. The van der Waals surface area contributed by atoms with Gasteiger partial charge in [0, 0.05) is 11.4 Å². The Labute approximate surface area is 174 Å². The van der Waals surface area contributed by atoms with E-state index in [1.54, 1.807) is 31.9 Å². The number of hydrogen-bond acceptors (Lipinski definition) is 6. The fourth-order valence-corrected chi connectivity index (χ4v) is 4.46. The molecule has 6 heteroatoms. The number of hydrogen-bond donors (Lipinski definition) is 1. The van der Waals surface area contributed by atoms with Gasteiger partial charge in [0.15, 0.2) is 11.5 Å². The van der Waals surface area contributed by atoms with Crippen molar-refractivity contribution in [2.45, 2.75) is 19.9 Å². The molecule has 0 fully saturated rings. The molecule has 0 saturated carbocycles. The van der Waals surface area contributed by atoms with Crippen molar-refractivity contribution in [3.8, 4) is 21.9 Å². The van der Waals surface area contributed by atoms with Crippen LogP contribution in [-0.2, 0) is 13.0 Å². The maximum absolute atomic E-state index is 5.52. The number of aryl methyl sites for hydroxylation is 1. The minimum absolute atomic E-state index is 0.637. The lowest BCUT2D eigenvalue weighted by atomic mass is 10.1. The third kappa shape index (κ3) is 3.89. The van der Waals surface area contributed by atoms with Gasteiger partial charge in [0.25, 0.3) is 0 Å². The lowest BCUT2D eigenvalue weighted by molar-refractivity contribution is 0.351. The average Bonchev–Trinajstić information content (AvgIpc) is 3.22. The average molecular weight is 406 g/mol. The normalized spacial score (nSPS) is 10.9. The maximum Gasteiger partial charge on any atom is 0.163 e. The van der Waals surface area contributed by atoms with Crippen molar-refractivity contribution >= 4 is 27.4 Å². The quantitative estimate of drug-likeness (QED) is 0.437. The van der Waals surface area contributed by atoms with Gasteiger partial charge in [0.05, 0.1) is 24.4 Å². The zero-order valence-electron chi connectivity index (χ0n) is 16.7. The lowest BCUT2D eigenvalue weighted by Crippen LogP contribution is -2.04. The Kier molecular flexibility index (Phi) is 5.62. The van der Waals surface area contributed by atoms with Crippen LogP contribution in [0.25, 0.3) is 20.7 Å². The predicted molar refractivity (Wildman–Crippen MR) is 119 cm³/mol. The van der Waals surface area contributed by atoms with E-state index in [0.29, 0.717) is 6.54 Å². The second-order valence-corrected chi connectivity index (χ2v) is 7.66. The van der Waals surface area contributed by atoms with Gasteiger partial charge in [-0.25, -0.2) is 9.97 Å². The van der Waals surface area contributed by atoms with E-state index in [2.05, 4.69) is 46.5 Å². The number of nitrogens with zero attached hydrogens (tertiary/aromatic N) is 2. The smallest absolute Gasteiger partial charge is 0.163 e. The number of thiophene rings is 1. The van der Waals surface area contributed by atoms with Gasteiger partial charge >= 0.3 is 0 Å². The zero-order valence-corrected chi connectivity index (χ0v) is 17.5. The SMILES string of the molecule is CCc1cc(CNc2ncnc3cc(-c4ccccc4)sc23)cc(OC)c1OC. The molecule has 0 aliphatic carbocycles. The van der Waals surface area contributed by atoms with Crippen molar-refractivity contribution in [1.82, 2.24) is 9.97 Å². The molecule has 0 radical (unpaired) electrons. The minimum Gasteiger partial charge on any atom is -0.493 e. The minimum atomic E-state index is 0.637. The van der Waals surface area contributed by atoms with Crippen molar-refractivity contribution < 1.29 is 9.47 Å². The van der Waals surface area contributed by atoms with Crippen molar-refractivity contribution in [1.29, 1.82) is 0 Å². The molecule has 0 aliphatic heterocycles. The molecule has 4 rings (SSSR count). The van der Waals surface area contributed by atoms with Crippen LogP contribution in [-0.4, -0.2) is 24.2 Å². The van der Waals surface area contributed by atoms with E-state index < -0.39 is 0 Å². The van der Waals surface area contributed by atoms with Gasteiger partial charge in [0.2, 0.25) is 0 Å². The van der Waals surface area contributed by atoms with Crippen LogP contribution in [0.15, 0.2) is 54.9 Å². The van der Waals surface area contributed by atoms with Crippen LogP contribution in [0.4, 0.5) is 5.82 Å². The second kappa shape index (κ2) is 8.49. The molecule has 0 aliphatic rings. The molecule has 0 spiro atoms. The summed E-state index contributed by atoms with van der Waals surface area (Å²) in [6.45, 7) is 2.75. The van der Waals surface area contributed by atoms with Crippen LogP contribution < -0.4 is 14.8 Å². The van der Waals surface area contributed by atoms with E-state index in [1.165, 1.54) is 10.4 Å². The van der Waals surface area contributed by atoms with Crippen LogP contribution >= 0.6 is 11.3 Å². The molecule has 0 amide bonds. The van der Waals surface area contributed by atoms with Gasteiger partial charge in [-0.3, -0.25) is 0 Å². The summed E-state index contributed by atoms with van der Waals surface area (Å²) in [4.78, 5) is 10.1. The molecular weight excluding hydrogens is 382 g/mol. The Bertz CT molecular complexity index is 1100. The summed E-state index contributed by atoms with van der Waals surface area (Å²) >= 11 is 1.70. The largest absolute Gasteiger partial charge is 0.493 e. The van der Waals surface area contributed by atoms with Crippen LogP contribution in [0.1, 0.15) is 18.1 Å². The number of ether oxygens (including phenoxy) is 2. The molecule has 2 aromatic carbocycles. The number of aromatic nitrogens is 2. The first kappa shape index (κ1) is 19.2. The summed E-state index contributed by atoms with van der Waals surface area (Å²) in [6.07, 6.45) is 2.48. The van der Waals surface area contributed by atoms with Gasteiger partial charge in [-0.1, -0.05) is 43.3 Å². The first-order valence-corrected chi connectivity index (χ1v) is 10.3. The first-order valence-electron chi connectivity index (χ1n) is 9.51. The van der Waals surface area contributed by atoms with Crippen molar-refractivity contribution in [2.24, 2.45) is 0 Å². The fourth-order valence-electron chi connectivity index (χ4n) is 3.38. The molecule has 0 bridgehead atoms. The van der Waals surface area contributed by atoms with Crippen LogP contribution in [0.5, 0.6) is 11.5 Å². The summed E-state index contributed by atoms with van der Waals surface area (Å²) < 4.78 is 12.1. The number of benzene rings is 2. The summed E-state index contributed by atoms with van der Waals surface area (Å²) in [5, 5.41) is 3.47. The van der Waals surface area contributed by atoms with E-state index in [9.17, 15) is 0 Å². The second-order valence-electron chi connectivity index (χ2n) is 6.61. The fraction of sp³-hybridized carbons (Fsp3) is 0.217. The van der Waals surface area contributed by atoms with Gasteiger partial charge in [-0.2, -0.15) is 0 Å². The highest BCUT2D eigenvalue weighted by molar-refractivity contribution is 7.22. The highest BCUT2D eigenvalue weighted by Crippen LogP contribution is 2.36. The zero-order chi connectivity index (χ0) is 20.2. The van der Waals surface area contributed by atoms with Crippen molar-refractivity contribution in [2.75, 3.05) is 19.5 Å². The summed E-state index contributed by atoms with van der Waals surface area (Å²) in [7, 11) is 3.34. The Hall–Kier alpha value is -3.12. The summed E-state index contributed by atoms with van der Waals surface area (Å²) in [5.41, 5.74) is 4.38. The molecule has 0 saturated heterocycles. The summed E-state index contributed by atoms with van der Waals surface area (Å²) in [5.74, 6) is 2.39. The third-order valence-electron chi connectivity index (χ3n) is 4.83. The standard InChI is InChI=1S/C23H23N3O2S/c1-4-16-10-15(11-19(27-2)21(16)28-3)13-24-23-22-18(25-14-26-23)12-20(29-22)17-8-6-5-7-9-17/h5-12,14H,4,13H2,1-3H3,(H,24,25,26). The predicted octanol–water partition coefficient (Wildman–Crippen LogP) is 5.55. The highest BCUT2D eigenvalue weighted by atomic mass is 32.1. The van der Waals surface area contributed by atoms with Gasteiger partial charge in [0.1, 0.15) is 12.1 Å². The Morgan fingerprint density at radius 3 is 2.55 bits per heavy atom. The van der Waals surface area contributed by atoms with Gasteiger partial charge in [-0.05, 0) is 35.2 Å². The number of rotatable bonds is 7. The van der Waals surface area contributed by atoms with Crippen LogP contribution in [0.2, 0.25) is 0 Å². The number of fused-ring (bicyclic) bond motifs is 1. The topological polar surface area (TPSA) is 56.3 Å².